The van der Waals surface area contributed by atoms with Gasteiger partial charge in [0.2, 0.25) is 5.89 Å². The molecule has 122 valence electrons. The number of nitrogens with zero attached hydrogens (tertiary/aromatic N) is 3. The van der Waals surface area contributed by atoms with E-state index in [9.17, 15) is 4.39 Å². The topological polar surface area (TPSA) is 51.4 Å². The third kappa shape index (κ3) is 3.01. The van der Waals surface area contributed by atoms with Crippen molar-refractivity contribution in [2.75, 3.05) is 13.2 Å². The molecule has 3 heterocycles. The van der Waals surface area contributed by atoms with E-state index in [-0.39, 0.29) is 17.8 Å². The Morgan fingerprint density at radius 2 is 2.13 bits per heavy atom. The average molecular weight is 317 g/mol. The van der Waals surface area contributed by atoms with Gasteiger partial charge in [0.25, 0.3) is 0 Å². The Morgan fingerprint density at radius 1 is 1.30 bits per heavy atom. The van der Waals surface area contributed by atoms with Crippen molar-refractivity contribution in [3.63, 3.8) is 0 Å². The van der Waals surface area contributed by atoms with Gasteiger partial charge in [0.1, 0.15) is 5.82 Å². The zero-order valence-electron chi connectivity index (χ0n) is 13.1. The fraction of sp³-hybridized carbons (Fsp3) is 0.529. The fourth-order valence-corrected chi connectivity index (χ4v) is 3.72. The molecule has 0 aliphatic carbocycles. The first-order valence-corrected chi connectivity index (χ1v) is 8.09. The molecule has 2 saturated heterocycles. The third-order valence-electron chi connectivity index (χ3n) is 4.81. The normalized spacial score (nSPS) is 28.0. The van der Waals surface area contributed by atoms with E-state index in [1.165, 1.54) is 12.1 Å². The first-order valence-electron chi connectivity index (χ1n) is 8.09. The molecule has 0 bridgehead atoms. The van der Waals surface area contributed by atoms with Gasteiger partial charge in [0.15, 0.2) is 5.82 Å². The standard InChI is InChI=1S/C17H20FN3O2/c1-11-19-17(23-20-11)13-8-16-15(6-7-22-16)21(10-13)9-12-2-4-14(18)5-3-12/h2-5,13,15-16H,6-10H2,1H3/t13-,15+,16+/m1/s1. The van der Waals surface area contributed by atoms with E-state index in [0.29, 0.717) is 17.8 Å². The Bertz CT molecular complexity index is 673. The molecular formula is C17H20FN3O2. The molecule has 0 radical (unpaired) electrons. The first kappa shape index (κ1) is 14.8. The van der Waals surface area contributed by atoms with Crippen molar-refractivity contribution in [2.24, 2.45) is 0 Å². The molecule has 2 aliphatic heterocycles. The van der Waals surface area contributed by atoms with Gasteiger partial charge in [-0.25, -0.2) is 4.39 Å². The van der Waals surface area contributed by atoms with Crippen LogP contribution < -0.4 is 0 Å². The highest BCUT2D eigenvalue weighted by Crippen LogP contribution is 2.36. The second-order valence-electron chi connectivity index (χ2n) is 6.43. The Labute approximate surface area is 134 Å². The number of aryl methyl sites for hydroxylation is 1. The molecule has 0 N–H and O–H groups in total. The van der Waals surface area contributed by atoms with Gasteiger partial charge in [-0.1, -0.05) is 17.3 Å². The maximum atomic E-state index is 13.1. The van der Waals surface area contributed by atoms with Gasteiger partial charge < -0.3 is 9.26 Å². The first-order chi connectivity index (χ1) is 11.2. The van der Waals surface area contributed by atoms with Crippen LogP contribution in [0.3, 0.4) is 0 Å². The molecule has 0 amide bonds. The quantitative estimate of drug-likeness (QED) is 0.871. The highest BCUT2D eigenvalue weighted by Gasteiger charge is 2.41. The monoisotopic (exact) mass is 317 g/mol. The molecule has 2 fully saturated rings. The van der Waals surface area contributed by atoms with Gasteiger partial charge in [0.05, 0.1) is 12.0 Å². The molecule has 0 saturated carbocycles. The van der Waals surface area contributed by atoms with Crippen LogP contribution in [0.15, 0.2) is 28.8 Å². The Hall–Kier alpha value is -1.79. The molecular weight excluding hydrogens is 297 g/mol. The van der Waals surface area contributed by atoms with Crippen LogP contribution in [0.1, 0.15) is 36.0 Å². The van der Waals surface area contributed by atoms with Crippen molar-refractivity contribution < 1.29 is 13.7 Å². The molecule has 0 spiro atoms. The number of benzene rings is 1. The number of likely N-dealkylation sites (tertiary alicyclic amines) is 1. The summed E-state index contributed by atoms with van der Waals surface area (Å²) < 4.78 is 24.4. The Morgan fingerprint density at radius 3 is 2.87 bits per heavy atom. The van der Waals surface area contributed by atoms with Crippen LogP contribution in [-0.2, 0) is 11.3 Å². The predicted octanol–water partition coefficient (Wildman–Crippen LogP) is 2.66. The van der Waals surface area contributed by atoms with E-state index in [2.05, 4.69) is 15.0 Å². The molecule has 3 atom stereocenters. The molecule has 1 aromatic carbocycles. The summed E-state index contributed by atoms with van der Waals surface area (Å²) in [6.07, 6.45) is 2.18. The van der Waals surface area contributed by atoms with Gasteiger partial charge >= 0.3 is 0 Å². The molecule has 2 aromatic rings. The van der Waals surface area contributed by atoms with E-state index in [4.69, 9.17) is 9.26 Å². The summed E-state index contributed by atoms with van der Waals surface area (Å²) in [5, 5.41) is 3.91. The molecule has 5 nitrogen and oxygen atoms in total. The molecule has 1 aromatic heterocycles. The number of piperidine rings is 1. The summed E-state index contributed by atoms with van der Waals surface area (Å²) in [5.74, 6) is 1.35. The van der Waals surface area contributed by atoms with Crippen molar-refractivity contribution in [3.8, 4) is 0 Å². The number of hydrogen-bond donors (Lipinski definition) is 0. The summed E-state index contributed by atoms with van der Waals surface area (Å²) in [4.78, 5) is 6.81. The second kappa shape index (κ2) is 6.02. The Balaban J connectivity index is 1.54. The highest BCUT2D eigenvalue weighted by molar-refractivity contribution is 5.17. The molecule has 4 rings (SSSR count). The summed E-state index contributed by atoms with van der Waals surface area (Å²) in [7, 11) is 0. The zero-order chi connectivity index (χ0) is 15.8. The van der Waals surface area contributed by atoms with Crippen LogP contribution in [0.5, 0.6) is 0 Å². The lowest BCUT2D eigenvalue weighted by molar-refractivity contribution is 0.00846. The predicted molar refractivity (Wildman–Crippen MR) is 81.3 cm³/mol. The molecule has 6 heteroatoms. The summed E-state index contributed by atoms with van der Waals surface area (Å²) in [6, 6.07) is 7.14. The number of ether oxygens (including phenoxy) is 1. The minimum atomic E-state index is -0.200. The van der Waals surface area contributed by atoms with E-state index in [1.807, 2.05) is 19.1 Å². The van der Waals surface area contributed by atoms with E-state index >= 15 is 0 Å². The maximum Gasteiger partial charge on any atom is 0.231 e. The van der Waals surface area contributed by atoms with Crippen molar-refractivity contribution in [1.29, 1.82) is 0 Å². The number of hydrogen-bond acceptors (Lipinski definition) is 5. The maximum absolute atomic E-state index is 13.1. The van der Waals surface area contributed by atoms with Crippen molar-refractivity contribution in [3.05, 3.63) is 47.4 Å². The van der Waals surface area contributed by atoms with E-state index < -0.39 is 0 Å². The Kier molecular flexibility index (Phi) is 3.87. The van der Waals surface area contributed by atoms with Gasteiger partial charge in [-0.05, 0) is 37.5 Å². The van der Waals surface area contributed by atoms with Crippen molar-refractivity contribution >= 4 is 0 Å². The van der Waals surface area contributed by atoms with Crippen LogP contribution in [0.2, 0.25) is 0 Å². The lowest BCUT2D eigenvalue weighted by Crippen LogP contribution is -2.48. The van der Waals surface area contributed by atoms with Crippen LogP contribution in [0, 0.1) is 12.7 Å². The van der Waals surface area contributed by atoms with Gasteiger partial charge in [-0.3, -0.25) is 4.90 Å². The third-order valence-corrected chi connectivity index (χ3v) is 4.81. The zero-order valence-corrected chi connectivity index (χ0v) is 13.1. The average Bonchev–Trinajstić information content (AvgIpc) is 3.18. The summed E-state index contributed by atoms with van der Waals surface area (Å²) in [5.41, 5.74) is 1.11. The van der Waals surface area contributed by atoms with Gasteiger partial charge in [-0.2, -0.15) is 4.98 Å². The summed E-state index contributed by atoms with van der Waals surface area (Å²) >= 11 is 0. The van der Waals surface area contributed by atoms with Crippen LogP contribution in [0.4, 0.5) is 4.39 Å². The minimum Gasteiger partial charge on any atom is -0.377 e. The van der Waals surface area contributed by atoms with Crippen LogP contribution in [0.25, 0.3) is 0 Å². The fourth-order valence-electron chi connectivity index (χ4n) is 3.72. The second-order valence-corrected chi connectivity index (χ2v) is 6.43. The smallest absolute Gasteiger partial charge is 0.231 e. The van der Waals surface area contributed by atoms with Crippen molar-refractivity contribution in [2.45, 2.75) is 44.4 Å². The van der Waals surface area contributed by atoms with Crippen LogP contribution in [-0.4, -0.2) is 40.3 Å². The highest BCUT2D eigenvalue weighted by atomic mass is 19.1. The number of rotatable bonds is 3. The van der Waals surface area contributed by atoms with Crippen LogP contribution >= 0.6 is 0 Å². The lowest BCUT2D eigenvalue weighted by Gasteiger charge is -2.39. The van der Waals surface area contributed by atoms with Gasteiger partial charge in [0, 0.05) is 25.7 Å². The SMILES string of the molecule is Cc1noc([C@@H]2C[C@@H]3OCC[C@@H]3N(Cc3ccc(F)cc3)C2)n1. The number of fused-ring (bicyclic) bond motifs is 1. The molecule has 2 aliphatic rings. The van der Waals surface area contributed by atoms with E-state index in [1.54, 1.807) is 0 Å². The van der Waals surface area contributed by atoms with Gasteiger partial charge in [-0.15, -0.1) is 0 Å². The minimum absolute atomic E-state index is 0.191. The largest absolute Gasteiger partial charge is 0.377 e. The number of halogens is 1. The van der Waals surface area contributed by atoms with Crippen molar-refractivity contribution in [1.82, 2.24) is 15.0 Å². The molecule has 0 unspecified atom stereocenters. The lowest BCUT2D eigenvalue weighted by atomic mass is 9.89. The molecule has 23 heavy (non-hydrogen) atoms. The van der Waals surface area contributed by atoms with E-state index in [0.717, 1.165) is 38.1 Å². The summed E-state index contributed by atoms with van der Waals surface area (Å²) in [6.45, 7) is 4.28. The number of aromatic nitrogens is 2.